The number of nitrogens with zero attached hydrogens (tertiary/aromatic N) is 1. The highest BCUT2D eigenvalue weighted by Crippen LogP contribution is 2.47. The van der Waals surface area contributed by atoms with E-state index in [1.54, 1.807) is 0 Å². The number of hydrogen-bond acceptors (Lipinski definition) is 0. The molecule has 0 bridgehead atoms. The molecule has 0 amide bonds. The molecule has 0 spiro atoms. The summed E-state index contributed by atoms with van der Waals surface area (Å²) in [6, 6.07) is 136. The molecule has 0 unspecified atom stereocenters. The molecule has 0 atom stereocenters. The fourth-order valence-electron chi connectivity index (χ4n) is 14.4. The summed E-state index contributed by atoms with van der Waals surface area (Å²) in [5.41, 5.74) is 29.5. The smallest absolute Gasteiger partial charge is 0.0541 e. The van der Waals surface area contributed by atoms with Gasteiger partial charge in [-0.2, -0.15) is 0 Å². The van der Waals surface area contributed by atoms with E-state index in [-0.39, 0.29) is 0 Å². The third kappa shape index (κ3) is 10.1. The van der Waals surface area contributed by atoms with Gasteiger partial charge in [-0.05, 0) is 193 Å². The van der Waals surface area contributed by atoms with E-state index >= 15 is 0 Å². The molecule has 0 radical (unpaired) electrons. The molecule has 17 rings (SSSR count). The molecule has 0 fully saturated rings. The summed E-state index contributed by atoms with van der Waals surface area (Å²) in [5, 5.41) is 7.25. The Morgan fingerprint density at radius 1 is 0.140 bits per heavy atom. The predicted molar refractivity (Wildman–Crippen MR) is 396 cm³/mol. The number of fused-ring (bicyclic) bond motifs is 5. The van der Waals surface area contributed by atoms with Crippen molar-refractivity contribution in [3.05, 3.63) is 370 Å². The van der Waals surface area contributed by atoms with Gasteiger partial charge in [0.1, 0.15) is 0 Å². The summed E-state index contributed by atoms with van der Waals surface area (Å²) in [4.78, 5) is 0. The van der Waals surface area contributed by atoms with Gasteiger partial charge in [-0.15, -0.1) is 0 Å². The van der Waals surface area contributed by atoms with Crippen LogP contribution in [0.5, 0.6) is 0 Å². The molecule has 0 aliphatic carbocycles. The van der Waals surface area contributed by atoms with Crippen LogP contribution >= 0.6 is 0 Å². The van der Waals surface area contributed by atoms with Crippen molar-refractivity contribution in [2.75, 3.05) is 0 Å². The minimum atomic E-state index is 1.14. The Morgan fingerprint density at radius 3 is 0.871 bits per heavy atom. The van der Waals surface area contributed by atoms with E-state index in [1.165, 1.54) is 132 Å². The van der Waals surface area contributed by atoms with Gasteiger partial charge < -0.3 is 4.57 Å². The normalized spacial score (nSPS) is 11.4. The molecular weight excluding hydrogens is 1120 g/mol. The second-order valence-corrected chi connectivity index (χ2v) is 24.2. The maximum absolute atomic E-state index is 2.52. The summed E-state index contributed by atoms with van der Waals surface area (Å²) in [5.74, 6) is 0. The predicted octanol–water partition coefficient (Wildman–Crippen LogP) is 25.4. The monoisotopic (exact) mass is 1180 g/mol. The summed E-state index contributed by atoms with van der Waals surface area (Å²) < 4.78 is 2.52. The fourth-order valence-corrected chi connectivity index (χ4v) is 14.4. The minimum absolute atomic E-state index is 1.14. The Morgan fingerprint density at radius 2 is 0.441 bits per heavy atom. The molecular formula is C92H61N. The van der Waals surface area contributed by atoms with Crippen molar-refractivity contribution in [3.63, 3.8) is 0 Å². The van der Waals surface area contributed by atoms with Crippen molar-refractivity contribution in [2.24, 2.45) is 0 Å². The van der Waals surface area contributed by atoms with Crippen LogP contribution in [0.15, 0.2) is 370 Å². The summed E-state index contributed by atoms with van der Waals surface area (Å²) in [6.07, 6.45) is 0. The van der Waals surface area contributed by atoms with Crippen LogP contribution in [0.25, 0.3) is 171 Å². The average Bonchev–Trinajstić information content (AvgIpc) is 1.64. The maximum atomic E-state index is 2.52. The molecule has 1 heterocycles. The SMILES string of the molecule is c1ccc(-c2ccc(-c3ccc(-c4ccc5c(c4)c4cc(-c6ccc(-c7ccc(-c8ccccc8)cc7-c7ccccc7)cc6-c6ccccc6)ccc4n5-c4ccc(-c5cccc6ccccc56)c5ccccc45)c(-c4ccccc4)c3)c(-c3ccccc3)c2)cc1. The lowest BCUT2D eigenvalue weighted by Gasteiger charge is -2.17. The first kappa shape index (κ1) is 54.9. The molecule has 434 valence electrons. The second kappa shape index (κ2) is 23.7. The van der Waals surface area contributed by atoms with Gasteiger partial charge in [-0.3, -0.25) is 0 Å². The van der Waals surface area contributed by atoms with Crippen LogP contribution < -0.4 is 0 Å². The van der Waals surface area contributed by atoms with Crippen molar-refractivity contribution in [1.82, 2.24) is 4.57 Å². The summed E-state index contributed by atoms with van der Waals surface area (Å²) >= 11 is 0. The Labute approximate surface area is 542 Å². The lowest BCUT2D eigenvalue weighted by Crippen LogP contribution is -1.97. The van der Waals surface area contributed by atoms with E-state index in [2.05, 4.69) is 375 Å². The van der Waals surface area contributed by atoms with E-state index in [9.17, 15) is 0 Å². The first-order valence-corrected chi connectivity index (χ1v) is 32.1. The van der Waals surface area contributed by atoms with Crippen LogP contribution in [0.3, 0.4) is 0 Å². The largest absolute Gasteiger partial charge is 0.309 e. The molecule has 1 heteroatoms. The first-order chi connectivity index (χ1) is 46.1. The molecule has 0 aliphatic heterocycles. The van der Waals surface area contributed by atoms with Crippen molar-refractivity contribution in [3.8, 4) is 128 Å². The zero-order chi connectivity index (χ0) is 61.6. The highest BCUT2D eigenvalue weighted by Gasteiger charge is 2.22. The highest BCUT2D eigenvalue weighted by atomic mass is 15.0. The van der Waals surface area contributed by atoms with Crippen molar-refractivity contribution in [1.29, 1.82) is 0 Å². The van der Waals surface area contributed by atoms with Crippen LogP contribution in [-0.4, -0.2) is 4.57 Å². The Kier molecular flexibility index (Phi) is 14.0. The van der Waals surface area contributed by atoms with E-state index in [4.69, 9.17) is 0 Å². The molecule has 1 nitrogen and oxygen atoms in total. The third-order valence-corrected chi connectivity index (χ3v) is 18.9. The number of benzene rings is 16. The summed E-state index contributed by atoms with van der Waals surface area (Å²) in [7, 11) is 0. The van der Waals surface area contributed by atoms with Gasteiger partial charge in [0.15, 0.2) is 0 Å². The van der Waals surface area contributed by atoms with Gasteiger partial charge in [-0.25, -0.2) is 0 Å². The van der Waals surface area contributed by atoms with Crippen LogP contribution in [0.2, 0.25) is 0 Å². The Bertz CT molecular complexity index is 5360. The van der Waals surface area contributed by atoms with Crippen molar-refractivity contribution >= 4 is 43.4 Å². The van der Waals surface area contributed by atoms with Gasteiger partial charge in [0.05, 0.1) is 16.7 Å². The minimum Gasteiger partial charge on any atom is -0.309 e. The average molecular weight is 1180 g/mol. The lowest BCUT2D eigenvalue weighted by atomic mass is 9.87. The molecule has 0 aliphatic rings. The van der Waals surface area contributed by atoms with Crippen molar-refractivity contribution < 1.29 is 0 Å². The van der Waals surface area contributed by atoms with Crippen LogP contribution in [0, 0.1) is 0 Å². The lowest BCUT2D eigenvalue weighted by molar-refractivity contribution is 1.20. The van der Waals surface area contributed by atoms with Crippen molar-refractivity contribution in [2.45, 2.75) is 0 Å². The van der Waals surface area contributed by atoms with Gasteiger partial charge in [-0.1, -0.05) is 315 Å². The summed E-state index contributed by atoms with van der Waals surface area (Å²) in [6.45, 7) is 0. The van der Waals surface area contributed by atoms with E-state index in [0.29, 0.717) is 0 Å². The van der Waals surface area contributed by atoms with Crippen LogP contribution in [0.4, 0.5) is 0 Å². The zero-order valence-electron chi connectivity index (χ0n) is 51.2. The quantitative estimate of drug-likeness (QED) is 0.115. The molecule has 16 aromatic carbocycles. The maximum Gasteiger partial charge on any atom is 0.0541 e. The second-order valence-electron chi connectivity index (χ2n) is 24.2. The Hall–Kier alpha value is -12.2. The van der Waals surface area contributed by atoms with Gasteiger partial charge in [0.25, 0.3) is 0 Å². The van der Waals surface area contributed by atoms with Crippen LogP contribution in [-0.2, 0) is 0 Å². The molecule has 17 aromatic rings. The zero-order valence-corrected chi connectivity index (χ0v) is 51.2. The van der Waals surface area contributed by atoms with Gasteiger partial charge in [0, 0.05) is 16.2 Å². The topological polar surface area (TPSA) is 4.93 Å². The number of aromatic nitrogens is 1. The van der Waals surface area contributed by atoms with E-state index in [0.717, 1.165) is 39.0 Å². The molecule has 0 saturated carbocycles. The molecule has 0 saturated heterocycles. The first-order valence-electron chi connectivity index (χ1n) is 32.1. The number of rotatable bonds is 12. The number of hydrogen-bond donors (Lipinski definition) is 0. The van der Waals surface area contributed by atoms with E-state index in [1.807, 2.05) is 0 Å². The fraction of sp³-hybridized carbons (Fsp3) is 0. The van der Waals surface area contributed by atoms with Crippen LogP contribution in [0.1, 0.15) is 0 Å². The van der Waals surface area contributed by atoms with Gasteiger partial charge >= 0.3 is 0 Å². The molecule has 1 aromatic heterocycles. The van der Waals surface area contributed by atoms with Gasteiger partial charge in [0.2, 0.25) is 0 Å². The van der Waals surface area contributed by atoms with E-state index < -0.39 is 0 Å². The standard InChI is InChI=1S/C92H61N/c1-7-24-62(25-8-1)69-42-48-76(84(56-69)65-28-11-3-12-29-65)71-44-50-78(86(58-71)67-32-15-5-16-33-67)73-46-53-91-88(60-73)89-61-74(47-54-92(89)93(91)90-55-52-82(81-39-21-22-40-83(81)90)80-41-23-37-64-36-19-20-38-75(64)80)79-51-45-72(59-87(79)68-34-17-6-18-35-68)77-49-43-70(63-26-9-2-10-27-63)57-85(77)66-30-13-4-14-31-66/h1-61H. The highest BCUT2D eigenvalue weighted by molar-refractivity contribution is 6.15. The Balaban J connectivity index is 0.873. The molecule has 0 N–H and O–H groups in total. The third-order valence-electron chi connectivity index (χ3n) is 18.9. The molecule has 93 heavy (non-hydrogen) atoms.